The molecule has 0 bridgehead atoms. The molecule has 0 saturated heterocycles. The van der Waals surface area contributed by atoms with Crippen molar-refractivity contribution < 1.29 is 9.47 Å². The van der Waals surface area contributed by atoms with Gasteiger partial charge in [0, 0.05) is 18.7 Å². The van der Waals surface area contributed by atoms with Crippen molar-refractivity contribution in [2.24, 2.45) is 0 Å². The molecule has 0 aliphatic carbocycles. The molecule has 1 atom stereocenters. The Labute approximate surface area is 143 Å². The standard InChI is InChI=1S/C18H26N4O2/c1-6-12(2)20-18-10-17(21-13(3)22-18)19-11-14-7-8-15(23-4)16(9-14)24-5/h7-10,12H,6,11H2,1-5H3,(H2,19,20,21,22). The Hall–Kier alpha value is -2.50. The third kappa shape index (κ3) is 4.75. The lowest BCUT2D eigenvalue weighted by molar-refractivity contribution is 0.354. The van der Waals surface area contributed by atoms with E-state index in [9.17, 15) is 0 Å². The fourth-order valence-corrected chi connectivity index (χ4v) is 2.27. The summed E-state index contributed by atoms with van der Waals surface area (Å²) >= 11 is 0. The summed E-state index contributed by atoms with van der Waals surface area (Å²) in [7, 11) is 3.26. The summed E-state index contributed by atoms with van der Waals surface area (Å²) in [4.78, 5) is 8.87. The number of ether oxygens (including phenoxy) is 2. The van der Waals surface area contributed by atoms with Crippen molar-refractivity contribution in [1.29, 1.82) is 0 Å². The number of aryl methyl sites for hydroxylation is 1. The van der Waals surface area contributed by atoms with Gasteiger partial charge < -0.3 is 20.1 Å². The van der Waals surface area contributed by atoms with E-state index in [2.05, 4.69) is 34.4 Å². The maximum absolute atomic E-state index is 5.33. The molecule has 0 spiro atoms. The molecule has 1 unspecified atom stereocenters. The molecule has 130 valence electrons. The van der Waals surface area contributed by atoms with Crippen LogP contribution < -0.4 is 20.1 Å². The van der Waals surface area contributed by atoms with Crippen molar-refractivity contribution in [3.63, 3.8) is 0 Å². The van der Waals surface area contributed by atoms with E-state index in [0.717, 1.165) is 40.9 Å². The second-order valence-electron chi connectivity index (χ2n) is 5.68. The average molecular weight is 330 g/mol. The minimum Gasteiger partial charge on any atom is -0.493 e. The first-order valence-electron chi connectivity index (χ1n) is 8.12. The minimum atomic E-state index is 0.373. The Bertz CT molecular complexity index is 676. The second-order valence-corrected chi connectivity index (χ2v) is 5.68. The van der Waals surface area contributed by atoms with E-state index in [4.69, 9.17) is 9.47 Å². The maximum Gasteiger partial charge on any atom is 0.161 e. The molecule has 1 heterocycles. The number of methoxy groups -OCH3 is 2. The Morgan fingerprint density at radius 2 is 1.75 bits per heavy atom. The summed E-state index contributed by atoms with van der Waals surface area (Å²) < 4.78 is 10.6. The van der Waals surface area contributed by atoms with Gasteiger partial charge in [-0.15, -0.1) is 0 Å². The minimum absolute atomic E-state index is 0.373. The summed E-state index contributed by atoms with van der Waals surface area (Å²) in [6.07, 6.45) is 1.04. The molecular formula is C18H26N4O2. The summed E-state index contributed by atoms with van der Waals surface area (Å²) in [6.45, 7) is 6.80. The van der Waals surface area contributed by atoms with Gasteiger partial charge in [0.25, 0.3) is 0 Å². The van der Waals surface area contributed by atoms with Crippen LogP contribution in [0.3, 0.4) is 0 Å². The van der Waals surface area contributed by atoms with Crippen molar-refractivity contribution in [3.8, 4) is 11.5 Å². The van der Waals surface area contributed by atoms with Crippen LogP contribution in [0.2, 0.25) is 0 Å². The molecule has 1 aromatic carbocycles. The summed E-state index contributed by atoms with van der Waals surface area (Å²) in [5.41, 5.74) is 1.08. The zero-order valence-electron chi connectivity index (χ0n) is 15.0. The van der Waals surface area contributed by atoms with Gasteiger partial charge in [0.05, 0.1) is 14.2 Å². The smallest absolute Gasteiger partial charge is 0.161 e. The predicted molar refractivity (Wildman–Crippen MR) is 97.0 cm³/mol. The summed E-state index contributed by atoms with van der Waals surface area (Å²) in [5.74, 6) is 3.81. The molecule has 0 aliphatic heterocycles. The van der Waals surface area contributed by atoms with Crippen molar-refractivity contribution in [2.75, 3.05) is 24.9 Å². The van der Waals surface area contributed by atoms with E-state index in [1.165, 1.54) is 0 Å². The van der Waals surface area contributed by atoms with Crippen LogP contribution in [-0.4, -0.2) is 30.2 Å². The highest BCUT2D eigenvalue weighted by atomic mass is 16.5. The number of aromatic nitrogens is 2. The van der Waals surface area contributed by atoms with Crippen LogP contribution in [0.25, 0.3) is 0 Å². The van der Waals surface area contributed by atoms with Crippen LogP contribution in [0, 0.1) is 6.92 Å². The van der Waals surface area contributed by atoms with Gasteiger partial charge in [0.2, 0.25) is 0 Å². The second kappa shape index (κ2) is 8.38. The quantitative estimate of drug-likeness (QED) is 0.770. The zero-order chi connectivity index (χ0) is 17.5. The van der Waals surface area contributed by atoms with Crippen LogP contribution in [0.1, 0.15) is 31.7 Å². The number of hydrogen-bond donors (Lipinski definition) is 2. The van der Waals surface area contributed by atoms with Crippen molar-refractivity contribution in [2.45, 2.75) is 39.8 Å². The Kier molecular flexibility index (Phi) is 6.23. The summed E-state index contributed by atoms with van der Waals surface area (Å²) in [5, 5.41) is 6.71. The number of nitrogens with one attached hydrogen (secondary N) is 2. The predicted octanol–water partition coefficient (Wildman–Crippen LogP) is 3.62. The molecule has 0 fully saturated rings. The molecule has 0 amide bonds. The Morgan fingerprint density at radius 3 is 2.42 bits per heavy atom. The molecule has 0 radical (unpaired) electrons. The van der Waals surface area contributed by atoms with Crippen molar-refractivity contribution in [3.05, 3.63) is 35.7 Å². The molecule has 1 aromatic heterocycles. The van der Waals surface area contributed by atoms with Gasteiger partial charge in [-0.3, -0.25) is 0 Å². The molecule has 0 aliphatic rings. The highest BCUT2D eigenvalue weighted by molar-refractivity contribution is 5.49. The fraction of sp³-hybridized carbons (Fsp3) is 0.444. The fourth-order valence-electron chi connectivity index (χ4n) is 2.27. The molecular weight excluding hydrogens is 304 g/mol. The van der Waals surface area contributed by atoms with Crippen LogP contribution in [0.4, 0.5) is 11.6 Å². The average Bonchev–Trinajstić information content (AvgIpc) is 2.59. The normalized spacial score (nSPS) is 11.7. The Morgan fingerprint density at radius 1 is 1.04 bits per heavy atom. The number of benzene rings is 1. The maximum atomic E-state index is 5.33. The first kappa shape index (κ1) is 17.8. The van der Waals surface area contributed by atoms with E-state index < -0.39 is 0 Å². The van der Waals surface area contributed by atoms with Gasteiger partial charge in [-0.1, -0.05) is 13.0 Å². The Balaban J connectivity index is 2.08. The topological polar surface area (TPSA) is 68.3 Å². The summed E-state index contributed by atoms with van der Waals surface area (Å²) in [6, 6.07) is 8.16. The van der Waals surface area contributed by atoms with Crippen LogP contribution in [-0.2, 0) is 6.54 Å². The van der Waals surface area contributed by atoms with Crippen LogP contribution in [0.5, 0.6) is 11.5 Å². The molecule has 24 heavy (non-hydrogen) atoms. The first-order chi connectivity index (χ1) is 11.5. The van der Waals surface area contributed by atoms with Crippen LogP contribution >= 0.6 is 0 Å². The SMILES string of the molecule is CCC(C)Nc1cc(NCc2ccc(OC)c(OC)c2)nc(C)n1. The monoisotopic (exact) mass is 330 g/mol. The highest BCUT2D eigenvalue weighted by Gasteiger charge is 2.07. The number of nitrogens with zero attached hydrogens (tertiary/aromatic N) is 2. The number of anilines is 2. The number of rotatable bonds is 8. The van der Waals surface area contributed by atoms with Gasteiger partial charge in [-0.2, -0.15) is 0 Å². The van der Waals surface area contributed by atoms with Gasteiger partial charge in [0.15, 0.2) is 11.5 Å². The molecule has 2 rings (SSSR count). The van der Waals surface area contributed by atoms with Crippen LogP contribution in [0.15, 0.2) is 24.3 Å². The molecule has 6 nitrogen and oxygen atoms in total. The number of hydrogen-bond acceptors (Lipinski definition) is 6. The lowest BCUT2D eigenvalue weighted by Crippen LogP contribution is -2.15. The van der Waals surface area contributed by atoms with Gasteiger partial charge >= 0.3 is 0 Å². The van der Waals surface area contributed by atoms with E-state index in [-0.39, 0.29) is 0 Å². The molecule has 2 aromatic rings. The molecule has 2 N–H and O–H groups in total. The lowest BCUT2D eigenvalue weighted by Gasteiger charge is -2.14. The van der Waals surface area contributed by atoms with E-state index >= 15 is 0 Å². The van der Waals surface area contributed by atoms with Crippen molar-refractivity contribution >= 4 is 11.6 Å². The van der Waals surface area contributed by atoms with Gasteiger partial charge in [-0.25, -0.2) is 9.97 Å². The zero-order valence-corrected chi connectivity index (χ0v) is 15.0. The van der Waals surface area contributed by atoms with E-state index in [1.54, 1.807) is 14.2 Å². The molecule has 0 saturated carbocycles. The third-order valence-corrected chi connectivity index (χ3v) is 3.77. The van der Waals surface area contributed by atoms with E-state index in [0.29, 0.717) is 12.6 Å². The van der Waals surface area contributed by atoms with Gasteiger partial charge in [-0.05, 0) is 38.0 Å². The van der Waals surface area contributed by atoms with E-state index in [1.807, 2.05) is 31.2 Å². The van der Waals surface area contributed by atoms with Gasteiger partial charge in [0.1, 0.15) is 17.5 Å². The highest BCUT2D eigenvalue weighted by Crippen LogP contribution is 2.27. The first-order valence-corrected chi connectivity index (χ1v) is 8.12. The lowest BCUT2D eigenvalue weighted by atomic mass is 10.2. The molecule has 6 heteroatoms. The largest absolute Gasteiger partial charge is 0.493 e. The van der Waals surface area contributed by atoms with Crippen molar-refractivity contribution in [1.82, 2.24) is 9.97 Å². The third-order valence-electron chi connectivity index (χ3n) is 3.77.